The molecule has 0 unspecified atom stereocenters. The molecule has 214 valence electrons. The Morgan fingerprint density at radius 1 is 1.10 bits per heavy atom. The van der Waals surface area contributed by atoms with Gasteiger partial charge in [0.2, 0.25) is 0 Å². The highest BCUT2D eigenvalue weighted by molar-refractivity contribution is 7.99. The van der Waals surface area contributed by atoms with Gasteiger partial charge in [0.25, 0.3) is 0 Å². The quantitative estimate of drug-likeness (QED) is 0.152. The molecule has 2 aliphatic carbocycles. The second-order valence-electron chi connectivity index (χ2n) is 10.3. The van der Waals surface area contributed by atoms with Crippen molar-refractivity contribution in [1.29, 1.82) is 0 Å². The number of carbonyl (C=O) groups is 1. The molecule has 41 heavy (non-hydrogen) atoms. The highest BCUT2D eigenvalue weighted by atomic mass is 32.2. The Balaban J connectivity index is 1.26. The van der Waals surface area contributed by atoms with Crippen molar-refractivity contribution in [2.24, 2.45) is 0 Å². The third kappa shape index (κ3) is 5.48. The van der Waals surface area contributed by atoms with Gasteiger partial charge in [-0.05, 0) is 42.7 Å². The van der Waals surface area contributed by atoms with Gasteiger partial charge >= 0.3 is 5.97 Å². The smallest absolute Gasteiger partial charge is 0.338 e. The predicted molar refractivity (Wildman–Crippen MR) is 147 cm³/mol. The summed E-state index contributed by atoms with van der Waals surface area (Å²) in [5.41, 5.74) is 1.76. The van der Waals surface area contributed by atoms with Crippen molar-refractivity contribution in [2.75, 3.05) is 11.1 Å². The first kappa shape index (κ1) is 27.5. The van der Waals surface area contributed by atoms with Gasteiger partial charge < -0.3 is 20.3 Å². The summed E-state index contributed by atoms with van der Waals surface area (Å²) in [6, 6.07) is 11.5. The maximum Gasteiger partial charge on any atom is 0.338 e. The molecule has 0 aliphatic heterocycles. The average molecular weight is 583 g/mol. The number of aliphatic hydroxyl groups excluding tert-OH is 2. The van der Waals surface area contributed by atoms with Crippen LogP contribution in [-0.4, -0.2) is 71.3 Å². The van der Waals surface area contributed by atoms with Crippen LogP contribution in [-0.2, 0) is 4.74 Å². The Morgan fingerprint density at radius 2 is 1.90 bits per heavy atom. The number of nitrogens with zero attached hydrogens (tertiary/aromatic N) is 5. The van der Waals surface area contributed by atoms with E-state index >= 15 is 0 Å². The first-order valence-corrected chi connectivity index (χ1v) is 14.4. The van der Waals surface area contributed by atoms with Gasteiger partial charge in [-0.25, -0.2) is 28.2 Å². The van der Waals surface area contributed by atoms with E-state index < -0.39 is 42.0 Å². The molecule has 2 aromatic heterocycles. The second-order valence-corrected chi connectivity index (χ2v) is 11.3. The molecular weight excluding hydrogens is 554 g/mol. The van der Waals surface area contributed by atoms with E-state index in [0.717, 1.165) is 18.2 Å². The molecule has 0 saturated heterocycles. The Bertz CT molecular complexity index is 1570. The lowest BCUT2D eigenvalue weighted by atomic mass is 10.1. The summed E-state index contributed by atoms with van der Waals surface area (Å²) in [6.07, 6.45) is -1.88. The fourth-order valence-corrected chi connectivity index (χ4v) is 5.83. The van der Waals surface area contributed by atoms with Crippen molar-refractivity contribution in [3.8, 4) is 0 Å². The number of rotatable bonds is 9. The average Bonchev–Trinajstić information content (AvgIpc) is 3.53. The molecule has 3 N–H and O–H groups in total. The monoisotopic (exact) mass is 582 g/mol. The van der Waals surface area contributed by atoms with Gasteiger partial charge in [-0.1, -0.05) is 48.2 Å². The van der Waals surface area contributed by atoms with Crippen LogP contribution < -0.4 is 5.32 Å². The van der Waals surface area contributed by atoms with Gasteiger partial charge in [0.1, 0.15) is 18.3 Å². The molecule has 10 nitrogen and oxygen atoms in total. The van der Waals surface area contributed by atoms with E-state index in [0.29, 0.717) is 39.7 Å². The summed E-state index contributed by atoms with van der Waals surface area (Å²) in [6.45, 7) is 2.04. The van der Waals surface area contributed by atoms with E-state index in [1.807, 2.05) is 6.92 Å². The molecule has 6 atom stereocenters. The van der Waals surface area contributed by atoms with Gasteiger partial charge in [-0.2, -0.15) is 0 Å². The molecule has 0 radical (unpaired) electrons. The van der Waals surface area contributed by atoms with Crippen LogP contribution in [0, 0.1) is 11.6 Å². The molecule has 2 heterocycles. The summed E-state index contributed by atoms with van der Waals surface area (Å²) in [4.78, 5) is 21.9. The Kier molecular flexibility index (Phi) is 7.58. The van der Waals surface area contributed by atoms with Gasteiger partial charge in [0, 0.05) is 24.1 Å². The van der Waals surface area contributed by atoms with Crippen LogP contribution in [0.15, 0.2) is 53.7 Å². The largest absolute Gasteiger partial charge is 0.456 e. The number of ether oxygens (including phenoxy) is 1. The summed E-state index contributed by atoms with van der Waals surface area (Å²) in [5.74, 6) is -1.18. The fraction of sp³-hybridized carbons (Fsp3) is 0.393. The molecule has 2 saturated carbocycles. The predicted octanol–water partition coefficient (Wildman–Crippen LogP) is 3.86. The highest BCUT2D eigenvalue weighted by Crippen LogP contribution is 2.44. The SMILES string of the molecule is CCCSc1nc(N[C@@H]2C[C@H]2c2ccc(F)c(F)c2)c2nnn([C@@H]3C[C@H](OC(=O)c4ccccc4)[C@@H](O)[C@H]3O)c2n1. The van der Waals surface area contributed by atoms with Crippen molar-refractivity contribution >= 4 is 34.7 Å². The van der Waals surface area contributed by atoms with Crippen LogP contribution >= 0.6 is 11.8 Å². The van der Waals surface area contributed by atoms with Gasteiger partial charge in [-0.15, -0.1) is 5.10 Å². The number of anilines is 1. The Labute approximate surface area is 238 Å². The number of esters is 1. The van der Waals surface area contributed by atoms with E-state index in [-0.39, 0.29) is 18.4 Å². The molecule has 0 amide bonds. The van der Waals surface area contributed by atoms with E-state index in [4.69, 9.17) is 4.74 Å². The summed E-state index contributed by atoms with van der Waals surface area (Å²) < 4.78 is 34.2. The minimum absolute atomic E-state index is 0.0243. The molecule has 2 fully saturated rings. The minimum atomic E-state index is -1.33. The van der Waals surface area contributed by atoms with Crippen molar-refractivity contribution in [1.82, 2.24) is 25.0 Å². The molecule has 2 aliphatic rings. The Hall–Kier alpha value is -3.68. The van der Waals surface area contributed by atoms with Crippen molar-refractivity contribution in [3.05, 3.63) is 71.3 Å². The molecule has 0 spiro atoms. The zero-order valence-corrected chi connectivity index (χ0v) is 22.8. The number of fused-ring (bicyclic) bond motifs is 1. The highest BCUT2D eigenvalue weighted by Gasteiger charge is 2.46. The fourth-order valence-electron chi connectivity index (χ4n) is 5.14. The maximum absolute atomic E-state index is 13.8. The minimum Gasteiger partial charge on any atom is -0.456 e. The lowest BCUT2D eigenvalue weighted by Crippen LogP contribution is -2.34. The van der Waals surface area contributed by atoms with Crippen LogP contribution in [0.4, 0.5) is 14.6 Å². The van der Waals surface area contributed by atoms with Gasteiger partial charge in [0.15, 0.2) is 33.8 Å². The number of halogens is 2. The van der Waals surface area contributed by atoms with Crippen LogP contribution in [0.25, 0.3) is 11.2 Å². The normalized spacial score (nSPS) is 25.4. The lowest BCUT2D eigenvalue weighted by molar-refractivity contribution is -0.0401. The number of aliphatic hydroxyl groups is 2. The summed E-state index contributed by atoms with van der Waals surface area (Å²) in [5, 5.41) is 34.0. The van der Waals surface area contributed by atoms with E-state index in [9.17, 15) is 23.8 Å². The van der Waals surface area contributed by atoms with E-state index in [1.165, 1.54) is 22.5 Å². The first-order valence-electron chi connectivity index (χ1n) is 13.4. The van der Waals surface area contributed by atoms with Crippen molar-refractivity contribution < 1.29 is 28.5 Å². The first-order chi connectivity index (χ1) is 19.8. The second kappa shape index (κ2) is 11.3. The van der Waals surface area contributed by atoms with Crippen molar-refractivity contribution in [3.63, 3.8) is 0 Å². The van der Waals surface area contributed by atoms with Crippen LogP contribution in [0.3, 0.4) is 0 Å². The number of thioether (sulfide) groups is 1. The maximum atomic E-state index is 13.8. The van der Waals surface area contributed by atoms with Crippen LogP contribution in [0.1, 0.15) is 54.1 Å². The molecule has 4 aromatic rings. The Morgan fingerprint density at radius 3 is 2.66 bits per heavy atom. The van der Waals surface area contributed by atoms with Crippen LogP contribution in [0.2, 0.25) is 0 Å². The standard InChI is InChI=1S/C28H28F2N6O4S/c1-2-10-41-28-32-25(31-19-12-16(19)15-8-9-17(29)18(30)11-15)22-26(33-28)36(35-34-22)20-13-21(24(38)23(20)37)40-27(39)14-6-4-3-5-7-14/h3-9,11,16,19-21,23-24,37-38H,2,10,12-13H2,1H3,(H,31,32,33)/t16-,19+,20+,21-,23-,24+/m0/s1. The number of hydrogen-bond donors (Lipinski definition) is 3. The van der Waals surface area contributed by atoms with Gasteiger partial charge in [0.05, 0.1) is 11.6 Å². The van der Waals surface area contributed by atoms with Gasteiger partial charge in [-0.3, -0.25) is 0 Å². The third-order valence-corrected chi connectivity index (χ3v) is 8.46. The lowest BCUT2D eigenvalue weighted by Gasteiger charge is -2.17. The number of benzene rings is 2. The third-order valence-electron chi connectivity index (χ3n) is 7.40. The molecule has 0 bridgehead atoms. The van der Waals surface area contributed by atoms with E-state index in [1.54, 1.807) is 36.4 Å². The topological polar surface area (TPSA) is 135 Å². The summed E-state index contributed by atoms with van der Waals surface area (Å²) in [7, 11) is 0. The number of hydrogen-bond acceptors (Lipinski definition) is 10. The van der Waals surface area contributed by atoms with E-state index in [2.05, 4.69) is 25.6 Å². The molecule has 2 aromatic carbocycles. The molecule has 13 heteroatoms. The summed E-state index contributed by atoms with van der Waals surface area (Å²) >= 11 is 1.46. The zero-order valence-electron chi connectivity index (χ0n) is 22.0. The number of carbonyl (C=O) groups excluding carboxylic acids is 1. The molecular formula is C28H28F2N6O4S. The van der Waals surface area contributed by atoms with Crippen molar-refractivity contribution in [2.45, 2.75) is 67.7 Å². The van der Waals surface area contributed by atoms with Crippen LogP contribution in [0.5, 0.6) is 0 Å². The number of aromatic nitrogens is 5. The zero-order chi connectivity index (χ0) is 28.7. The number of nitrogens with one attached hydrogen (secondary N) is 1. The molecule has 6 rings (SSSR count).